The minimum Gasteiger partial charge on any atom is -0.379 e. The second-order valence-electron chi connectivity index (χ2n) is 6.64. The highest BCUT2D eigenvalue weighted by Crippen LogP contribution is 2.21. The number of rotatable bonds is 9. The summed E-state index contributed by atoms with van der Waals surface area (Å²) in [5.41, 5.74) is 1.03. The normalized spacial score (nSPS) is 16.5. The lowest BCUT2D eigenvalue weighted by molar-refractivity contribution is -0.119. The summed E-state index contributed by atoms with van der Waals surface area (Å²) in [6.07, 6.45) is 0.896. The van der Waals surface area contributed by atoms with Crippen molar-refractivity contribution >= 4 is 11.9 Å². The highest BCUT2D eigenvalue weighted by molar-refractivity contribution is 5.84. The van der Waals surface area contributed by atoms with Crippen LogP contribution < -0.4 is 16.0 Å². The number of carbonyl (C=O) groups is 1. The van der Waals surface area contributed by atoms with E-state index in [0.717, 1.165) is 25.1 Å². The lowest BCUT2D eigenvalue weighted by Crippen LogP contribution is -2.46. The molecule has 0 aliphatic carbocycles. The van der Waals surface area contributed by atoms with Gasteiger partial charge in [-0.25, -0.2) is 9.38 Å². The number of morpholine rings is 1. The molecule has 1 aromatic rings. The van der Waals surface area contributed by atoms with Crippen LogP contribution in [0.2, 0.25) is 0 Å². The third-order valence-electron chi connectivity index (χ3n) is 4.50. The molecule has 8 heteroatoms. The van der Waals surface area contributed by atoms with Crippen LogP contribution in [0.15, 0.2) is 29.3 Å². The van der Waals surface area contributed by atoms with Gasteiger partial charge in [0.15, 0.2) is 5.96 Å². The van der Waals surface area contributed by atoms with E-state index in [4.69, 9.17) is 4.74 Å². The lowest BCUT2D eigenvalue weighted by atomic mass is 10.0. The average Bonchev–Trinajstić information content (AvgIpc) is 2.72. The third kappa shape index (κ3) is 7.44. The molecule has 0 aromatic heterocycles. The molecular formula is C20H32FN5O2. The van der Waals surface area contributed by atoms with Crippen molar-refractivity contribution in [2.45, 2.75) is 26.3 Å². The first-order chi connectivity index (χ1) is 13.6. The van der Waals surface area contributed by atoms with Crippen molar-refractivity contribution in [1.29, 1.82) is 0 Å². The van der Waals surface area contributed by atoms with E-state index in [2.05, 4.69) is 25.8 Å². The number of nitrogens with one attached hydrogen (secondary N) is 3. The van der Waals surface area contributed by atoms with Gasteiger partial charge in [-0.05, 0) is 31.0 Å². The molecule has 0 radical (unpaired) electrons. The van der Waals surface area contributed by atoms with Crippen LogP contribution in [0.4, 0.5) is 4.39 Å². The summed E-state index contributed by atoms with van der Waals surface area (Å²) in [5.74, 6) is 0.252. The summed E-state index contributed by atoms with van der Waals surface area (Å²) < 4.78 is 18.8. The van der Waals surface area contributed by atoms with E-state index in [9.17, 15) is 9.18 Å². The monoisotopic (exact) mass is 393 g/mol. The van der Waals surface area contributed by atoms with Crippen molar-refractivity contribution < 1.29 is 13.9 Å². The maximum atomic E-state index is 13.4. The Balaban J connectivity index is 2.03. The van der Waals surface area contributed by atoms with Gasteiger partial charge >= 0.3 is 0 Å². The maximum Gasteiger partial charge on any atom is 0.241 e. The number of halogens is 1. The van der Waals surface area contributed by atoms with E-state index in [-0.39, 0.29) is 24.3 Å². The number of hydrogen-bond acceptors (Lipinski definition) is 4. The van der Waals surface area contributed by atoms with Crippen LogP contribution in [0.3, 0.4) is 0 Å². The molecule has 1 heterocycles. The molecule has 0 spiro atoms. The smallest absolute Gasteiger partial charge is 0.241 e. The number of guanidine groups is 1. The van der Waals surface area contributed by atoms with Crippen LogP contribution >= 0.6 is 0 Å². The van der Waals surface area contributed by atoms with Gasteiger partial charge in [0.25, 0.3) is 0 Å². The van der Waals surface area contributed by atoms with Crippen molar-refractivity contribution in [1.82, 2.24) is 20.9 Å². The number of ether oxygens (including phenoxy) is 1. The minimum absolute atomic E-state index is 0.0577. The molecule has 1 atom stereocenters. The molecule has 1 aromatic carbocycles. The van der Waals surface area contributed by atoms with Gasteiger partial charge in [0, 0.05) is 32.7 Å². The molecule has 0 bridgehead atoms. The Morgan fingerprint density at radius 2 is 1.89 bits per heavy atom. The quantitative estimate of drug-likeness (QED) is 0.435. The molecule has 1 aliphatic rings. The number of amides is 1. The number of nitrogens with zero attached hydrogens (tertiary/aromatic N) is 2. The van der Waals surface area contributed by atoms with E-state index in [1.54, 1.807) is 0 Å². The van der Waals surface area contributed by atoms with Gasteiger partial charge in [-0.3, -0.25) is 9.69 Å². The SMILES string of the molecule is CCCNC(=O)CN=C(NCC)NCC(c1ccc(F)cc1)N1CCOCC1. The Kier molecular flexibility index (Phi) is 9.71. The van der Waals surface area contributed by atoms with Crippen molar-refractivity contribution in [2.24, 2.45) is 4.99 Å². The maximum absolute atomic E-state index is 13.4. The molecular weight excluding hydrogens is 361 g/mol. The molecule has 3 N–H and O–H groups in total. The van der Waals surface area contributed by atoms with E-state index in [1.165, 1.54) is 12.1 Å². The molecule has 7 nitrogen and oxygen atoms in total. The fourth-order valence-electron chi connectivity index (χ4n) is 3.04. The summed E-state index contributed by atoms with van der Waals surface area (Å²) in [4.78, 5) is 18.5. The predicted molar refractivity (Wildman–Crippen MR) is 109 cm³/mol. The fraction of sp³-hybridized carbons (Fsp3) is 0.600. The van der Waals surface area contributed by atoms with Crippen LogP contribution in [0.5, 0.6) is 0 Å². The Hall–Kier alpha value is -2.19. The van der Waals surface area contributed by atoms with Crippen LogP contribution in [0, 0.1) is 5.82 Å². The first kappa shape index (κ1) is 22.1. The zero-order valence-electron chi connectivity index (χ0n) is 16.8. The molecule has 1 fully saturated rings. The molecule has 1 unspecified atom stereocenters. The topological polar surface area (TPSA) is 78.0 Å². The Bertz CT molecular complexity index is 618. The first-order valence-corrected chi connectivity index (χ1v) is 10.00. The van der Waals surface area contributed by atoms with E-state index < -0.39 is 0 Å². The van der Waals surface area contributed by atoms with Crippen LogP contribution in [-0.2, 0) is 9.53 Å². The van der Waals surface area contributed by atoms with Gasteiger partial charge in [0.05, 0.1) is 19.3 Å². The second kappa shape index (κ2) is 12.3. The minimum atomic E-state index is -0.245. The summed E-state index contributed by atoms with van der Waals surface area (Å²) in [5, 5.41) is 9.31. The zero-order valence-corrected chi connectivity index (χ0v) is 16.8. The van der Waals surface area contributed by atoms with E-state index >= 15 is 0 Å². The number of carbonyl (C=O) groups excluding carboxylic acids is 1. The molecule has 156 valence electrons. The highest BCUT2D eigenvalue weighted by Gasteiger charge is 2.23. The highest BCUT2D eigenvalue weighted by atomic mass is 19.1. The Morgan fingerprint density at radius 1 is 1.18 bits per heavy atom. The van der Waals surface area contributed by atoms with Crippen LogP contribution in [0.25, 0.3) is 0 Å². The molecule has 0 saturated carbocycles. The fourth-order valence-corrected chi connectivity index (χ4v) is 3.04. The van der Waals surface area contributed by atoms with Crippen molar-refractivity contribution in [2.75, 3.05) is 52.5 Å². The zero-order chi connectivity index (χ0) is 20.2. The van der Waals surface area contributed by atoms with Gasteiger partial charge in [0.1, 0.15) is 12.4 Å². The third-order valence-corrected chi connectivity index (χ3v) is 4.50. The standard InChI is InChI=1S/C20H32FN5O2/c1-3-9-23-19(27)15-25-20(22-4-2)24-14-18(26-10-12-28-13-11-26)16-5-7-17(21)8-6-16/h5-8,18H,3-4,9-15H2,1-2H3,(H,23,27)(H2,22,24,25). The average molecular weight is 394 g/mol. The number of hydrogen-bond donors (Lipinski definition) is 3. The van der Waals surface area contributed by atoms with Crippen molar-refractivity contribution in [3.05, 3.63) is 35.6 Å². The molecule has 1 saturated heterocycles. The Labute approximate surface area is 166 Å². The van der Waals surface area contributed by atoms with Crippen molar-refractivity contribution in [3.63, 3.8) is 0 Å². The summed E-state index contributed by atoms with van der Waals surface area (Å²) in [6, 6.07) is 6.67. The Morgan fingerprint density at radius 3 is 2.54 bits per heavy atom. The van der Waals surface area contributed by atoms with Gasteiger partial charge < -0.3 is 20.7 Å². The number of aliphatic imine (C=N–C) groups is 1. The van der Waals surface area contributed by atoms with Crippen molar-refractivity contribution in [3.8, 4) is 0 Å². The van der Waals surface area contributed by atoms with Gasteiger partial charge in [-0.15, -0.1) is 0 Å². The van der Waals surface area contributed by atoms with Gasteiger partial charge in [-0.2, -0.15) is 0 Å². The van der Waals surface area contributed by atoms with E-state index in [1.807, 2.05) is 26.0 Å². The summed E-state index contributed by atoms with van der Waals surface area (Å²) >= 11 is 0. The van der Waals surface area contributed by atoms with Crippen LogP contribution in [0.1, 0.15) is 31.9 Å². The first-order valence-electron chi connectivity index (χ1n) is 10.00. The molecule has 28 heavy (non-hydrogen) atoms. The predicted octanol–water partition coefficient (Wildman–Crippen LogP) is 1.28. The van der Waals surface area contributed by atoms with Crippen LogP contribution in [-0.4, -0.2) is 69.2 Å². The summed E-state index contributed by atoms with van der Waals surface area (Å²) in [7, 11) is 0. The van der Waals surface area contributed by atoms with Gasteiger partial charge in [-0.1, -0.05) is 19.1 Å². The van der Waals surface area contributed by atoms with Gasteiger partial charge in [0.2, 0.25) is 5.91 Å². The molecule has 1 amide bonds. The number of benzene rings is 1. The molecule has 2 rings (SSSR count). The van der Waals surface area contributed by atoms with E-state index in [0.29, 0.717) is 38.8 Å². The second-order valence-corrected chi connectivity index (χ2v) is 6.64. The summed E-state index contributed by atoms with van der Waals surface area (Å²) in [6.45, 7) is 9.01. The largest absolute Gasteiger partial charge is 0.379 e. The lowest BCUT2D eigenvalue weighted by Gasteiger charge is -2.35. The molecule has 1 aliphatic heterocycles.